The van der Waals surface area contributed by atoms with E-state index in [0.29, 0.717) is 0 Å². The summed E-state index contributed by atoms with van der Waals surface area (Å²) in [6.07, 6.45) is 2.17. The first-order valence-electron chi connectivity index (χ1n) is 10.7. The molecule has 0 bridgehead atoms. The minimum Gasteiger partial charge on any atom is -0.0613 e. The Morgan fingerprint density at radius 3 is 1.43 bits per heavy atom. The highest BCUT2D eigenvalue weighted by atomic mass is 14.4. The van der Waals surface area contributed by atoms with Crippen molar-refractivity contribution in [3.05, 3.63) is 92.5 Å². The van der Waals surface area contributed by atoms with Crippen molar-refractivity contribution < 1.29 is 0 Å². The lowest BCUT2D eigenvalue weighted by molar-refractivity contribution is 0.709. The van der Waals surface area contributed by atoms with E-state index in [1.807, 2.05) is 0 Å². The molecule has 1 aliphatic rings. The van der Waals surface area contributed by atoms with Crippen molar-refractivity contribution >= 4 is 0 Å². The summed E-state index contributed by atoms with van der Waals surface area (Å²) >= 11 is 0. The first-order valence-corrected chi connectivity index (χ1v) is 10.7. The maximum absolute atomic E-state index is 2.47. The second kappa shape index (κ2) is 6.62. The van der Waals surface area contributed by atoms with Gasteiger partial charge in [0.2, 0.25) is 0 Å². The molecule has 144 valence electrons. The number of rotatable bonds is 3. The molecule has 3 aromatic rings. The Kier molecular flexibility index (Phi) is 4.49. The monoisotopic (exact) mass is 368 g/mol. The number of benzene rings is 3. The summed E-state index contributed by atoms with van der Waals surface area (Å²) < 4.78 is 0. The van der Waals surface area contributed by atoms with Gasteiger partial charge in [-0.05, 0) is 97.5 Å². The Morgan fingerprint density at radius 1 is 0.607 bits per heavy atom. The molecule has 28 heavy (non-hydrogen) atoms. The summed E-state index contributed by atoms with van der Waals surface area (Å²) in [5.74, 6) is 0. The highest BCUT2D eigenvalue weighted by Gasteiger charge is 2.41. The molecule has 0 amide bonds. The highest BCUT2D eigenvalue weighted by molar-refractivity contribution is 5.85. The van der Waals surface area contributed by atoms with E-state index in [4.69, 9.17) is 0 Å². The fraction of sp³-hybridized carbons (Fsp3) is 0.357. The summed E-state index contributed by atoms with van der Waals surface area (Å²) in [4.78, 5) is 0. The van der Waals surface area contributed by atoms with Gasteiger partial charge in [0, 0.05) is 5.41 Å². The van der Waals surface area contributed by atoms with Crippen molar-refractivity contribution in [2.45, 2.75) is 66.7 Å². The molecule has 0 unspecified atom stereocenters. The van der Waals surface area contributed by atoms with Crippen molar-refractivity contribution in [2.24, 2.45) is 0 Å². The zero-order chi connectivity index (χ0) is 20.2. The lowest BCUT2D eigenvalue weighted by Crippen LogP contribution is -2.23. The molecule has 0 nitrogen and oxygen atoms in total. The average molecular weight is 369 g/mol. The van der Waals surface area contributed by atoms with Gasteiger partial charge in [0.25, 0.3) is 0 Å². The van der Waals surface area contributed by atoms with Gasteiger partial charge in [0.05, 0.1) is 0 Å². The highest BCUT2D eigenvalue weighted by Crippen LogP contribution is 2.54. The minimum absolute atomic E-state index is 0.102. The summed E-state index contributed by atoms with van der Waals surface area (Å²) in [5.41, 5.74) is 15.6. The van der Waals surface area contributed by atoms with Crippen LogP contribution in [0.25, 0.3) is 11.1 Å². The van der Waals surface area contributed by atoms with E-state index in [1.54, 1.807) is 0 Å². The molecule has 0 aromatic heterocycles. The van der Waals surface area contributed by atoms with E-state index in [9.17, 15) is 0 Å². The third kappa shape index (κ3) is 2.65. The van der Waals surface area contributed by atoms with E-state index in [-0.39, 0.29) is 5.41 Å². The van der Waals surface area contributed by atoms with Crippen molar-refractivity contribution in [1.29, 1.82) is 0 Å². The number of fused-ring (bicyclic) bond motifs is 3. The van der Waals surface area contributed by atoms with Gasteiger partial charge in [-0.3, -0.25) is 0 Å². The molecule has 1 aliphatic carbocycles. The van der Waals surface area contributed by atoms with Crippen LogP contribution in [-0.2, 0) is 18.3 Å². The SMILES string of the molecule is CCc1cc2c(cc1C)C(C)(c1cc(C)cc(C)c1)c1cc(C)c(CC)cc1-2. The van der Waals surface area contributed by atoms with Crippen LogP contribution in [0.5, 0.6) is 0 Å². The Balaban J connectivity index is 2.11. The molecular weight excluding hydrogens is 336 g/mol. The topological polar surface area (TPSA) is 0 Å². The number of aryl methyl sites for hydroxylation is 6. The fourth-order valence-electron chi connectivity index (χ4n) is 5.26. The van der Waals surface area contributed by atoms with E-state index < -0.39 is 0 Å². The Morgan fingerprint density at radius 2 is 1.04 bits per heavy atom. The summed E-state index contributed by atoms with van der Waals surface area (Å²) in [5, 5.41) is 0. The Hall–Kier alpha value is -2.34. The van der Waals surface area contributed by atoms with Crippen LogP contribution in [0, 0.1) is 27.7 Å². The van der Waals surface area contributed by atoms with Crippen molar-refractivity contribution in [3.8, 4) is 11.1 Å². The summed E-state index contributed by atoms with van der Waals surface area (Å²) in [6.45, 7) is 15.9. The molecule has 0 fully saturated rings. The lowest BCUT2D eigenvalue weighted by atomic mass is 9.72. The molecule has 4 rings (SSSR count). The molecule has 0 aliphatic heterocycles. The second-order valence-electron chi connectivity index (χ2n) is 8.86. The van der Waals surface area contributed by atoms with Crippen LogP contribution >= 0.6 is 0 Å². The van der Waals surface area contributed by atoms with Crippen molar-refractivity contribution in [2.75, 3.05) is 0 Å². The smallest absolute Gasteiger partial charge is 0.0435 e. The van der Waals surface area contributed by atoms with Crippen LogP contribution in [0.15, 0.2) is 42.5 Å². The van der Waals surface area contributed by atoms with E-state index >= 15 is 0 Å². The van der Waals surface area contributed by atoms with Crippen LogP contribution in [-0.4, -0.2) is 0 Å². The lowest BCUT2D eigenvalue weighted by Gasteiger charge is -2.30. The summed E-state index contributed by atoms with van der Waals surface area (Å²) in [6, 6.07) is 16.9. The molecular formula is C28H32. The third-order valence-electron chi connectivity index (χ3n) is 6.88. The summed E-state index contributed by atoms with van der Waals surface area (Å²) in [7, 11) is 0. The molecule has 0 heterocycles. The largest absolute Gasteiger partial charge is 0.0613 e. The Labute approximate surface area is 170 Å². The van der Waals surface area contributed by atoms with Crippen LogP contribution < -0.4 is 0 Å². The number of hydrogen-bond donors (Lipinski definition) is 0. The fourth-order valence-corrected chi connectivity index (χ4v) is 5.26. The Bertz CT molecular complexity index is 1000. The third-order valence-corrected chi connectivity index (χ3v) is 6.88. The maximum atomic E-state index is 2.47. The van der Waals surface area contributed by atoms with E-state index in [1.165, 1.54) is 61.2 Å². The van der Waals surface area contributed by atoms with Gasteiger partial charge in [-0.15, -0.1) is 0 Å². The molecule has 0 radical (unpaired) electrons. The van der Waals surface area contributed by atoms with Gasteiger partial charge in [0.15, 0.2) is 0 Å². The predicted molar refractivity (Wildman–Crippen MR) is 122 cm³/mol. The van der Waals surface area contributed by atoms with Crippen molar-refractivity contribution in [3.63, 3.8) is 0 Å². The van der Waals surface area contributed by atoms with Crippen LogP contribution in [0.2, 0.25) is 0 Å². The van der Waals surface area contributed by atoms with E-state index in [0.717, 1.165) is 12.8 Å². The molecule has 0 N–H and O–H groups in total. The molecule has 0 heteroatoms. The molecule has 3 aromatic carbocycles. The predicted octanol–water partition coefficient (Wildman–Crippen LogP) is 7.38. The van der Waals surface area contributed by atoms with Gasteiger partial charge >= 0.3 is 0 Å². The van der Waals surface area contributed by atoms with Gasteiger partial charge < -0.3 is 0 Å². The second-order valence-corrected chi connectivity index (χ2v) is 8.86. The quantitative estimate of drug-likeness (QED) is 0.452. The first-order chi connectivity index (χ1) is 13.3. The molecule has 0 atom stereocenters. The van der Waals surface area contributed by atoms with Gasteiger partial charge in [0.1, 0.15) is 0 Å². The zero-order valence-electron chi connectivity index (χ0n) is 18.5. The van der Waals surface area contributed by atoms with Gasteiger partial charge in [-0.1, -0.05) is 67.4 Å². The normalized spacial score (nSPS) is 14.1. The van der Waals surface area contributed by atoms with Crippen molar-refractivity contribution in [1.82, 2.24) is 0 Å². The minimum atomic E-state index is -0.102. The molecule has 0 saturated carbocycles. The van der Waals surface area contributed by atoms with Gasteiger partial charge in [-0.2, -0.15) is 0 Å². The number of hydrogen-bond acceptors (Lipinski definition) is 0. The van der Waals surface area contributed by atoms with Crippen LogP contribution in [0.3, 0.4) is 0 Å². The zero-order valence-corrected chi connectivity index (χ0v) is 18.5. The average Bonchev–Trinajstić information content (AvgIpc) is 2.88. The van der Waals surface area contributed by atoms with Gasteiger partial charge in [-0.25, -0.2) is 0 Å². The first kappa shape index (κ1) is 19.0. The standard InChI is InChI=1S/C28H32/c1-8-21-15-24-25-16-22(9-2)20(6)14-27(25)28(7,26(24)13-19(21)5)23-11-17(3)10-18(4)12-23/h10-16H,8-9H2,1-7H3. The van der Waals surface area contributed by atoms with E-state index in [2.05, 4.69) is 90.9 Å². The molecule has 0 spiro atoms. The maximum Gasteiger partial charge on any atom is 0.0435 e. The van der Waals surface area contributed by atoms with Crippen LogP contribution in [0.4, 0.5) is 0 Å². The van der Waals surface area contributed by atoms with Crippen LogP contribution in [0.1, 0.15) is 70.8 Å². The molecule has 0 saturated heterocycles.